The summed E-state index contributed by atoms with van der Waals surface area (Å²) in [6, 6.07) is 14.7. The smallest absolute Gasteiger partial charge is 0.233 e. The molecule has 0 unspecified atom stereocenters. The molecule has 1 amide bonds. The highest BCUT2D eigenvalue weighted by atomic mass is 32.2. The van der Waals surface area contributed by atoms with Crippen LogP contribution in [0.3, 0.4) is 0 Å². The predicted octanol–water partition coefficient (Wildman–Crippen LogP) is 4.65. The van der Waals surface area contributed by atoms with Gasteiger partial charge in [-0.1, -0.05) is 47.7 Å². The van der Waals surface area contributed by atoms with Gasteiger partial charge >= 0.3 is 0 Å². The Kier molecular flexibility index (Phi) is 4.87. The van der Waals surface area contributed by atoms with Crippen molar-refractivity contribution in [2.75, 3.05) is 12.3 Å². The van der Waals surface area contributed by atoms with Crippen LogP contribution >= 0.6 is 11.8 Å². The number of aromatic amines is 1. The highest BCUT2D eigenvalue weighted by Crippen LogP contribution is 2.29. The number of thioether (sulfide) groups is 1. The zero-order valence-electron chi connectivity index (χ0n) is 17.2. The minimum absolute atomic E-state index is 0.158. The number of nitrogens with zero attached hydrogens (tertiary/aromatic N) is 3. The second-order valence-electron chi connectivity index (χ2n) is 7.85. The summed E-state index contributed by atoms with van der Waals surface area (Å²) in [4.78, 5) is 23.0. The Morgan fingerprint density at radius 1 is 1.20 bits per heavy atom. The number of rotatable bonds is 4. The van der Waals surface area contributed by atoms with E-state index in [9.17, 15) is 4.79 Å². The molecule has 0 atom stereocenters. The van der Waals surface area contributed by atoms with Gasteiger partial charge in [0.25, 0.3) is 0 Å². The molecule has 1 N–H and O–H groups in total. The third kappa shape index (κ3) is 3.41. The quantitative estimate of drug-likeness (QED) is 0.493. The van der Waals surface area contributed by atoms with Gasteiger partial charge in [-0.05, 0) is 31.5 Å². The van der Waals surface area contributed by atoms with E-state index in [4.69, 9.17) is 0 Å². The second-order valence-corrected chi connectivity index (χ2v) is 8.79. The molecule has 0 bridgehead atoms. The number of hydrogen-bond acceptors (Lipinski definition) is 3. The maximum absolute atomic E-state index is 13.0. The van der Waals surface area contributed by atoms with Crippen LogP contribution in [-0.2, 0) is 17.8 Å². The molecule has 0 saturated heterocycles. The number of H-pyrrole nitrogens is 1. The molecule has 3 heterocycles. The molecular formula is C24H24N4OS. The van der Waals surface area contributed by atoms with Crippen molar-refractivity contribution in [1.82, 2.24) is 19.4 Å². The third-order valence-electron chi connectivity index (χ3n) is 5.78. The number of amides is 1. The molecule has 2 aromatic heterocycles. The van der Waals surface area contributed by atoms with Gasteiger partial charge in [0, 0.05) is 54.1 Å². The van der Waals surface area contributed by atoms with Gasteiger partial charge in [0.05, 0.1) is 11.4 Å². The zero-order chi connectivity index (χ0) is 20.7. The first-order chi connectivity index (χ1) is 14.6. The number of benzene rings is 2. The van der Waals surface area contributed by atoms with Gasteiger partial charge in [-0.3, -0.25) is 9.36 Å². The van der Waals surface area contributed by atoms with Crippen molar-refractivity contribution >= 4 is 28.6 Å². The molecule has 0 radical (unpaired) electrons. The van der Waals surface area contributed by atoms with Crippen LogP contribution in [-0.4, -0.2) is 37.6 Å². The fourth-order valence-electron chi connectivity index (χ4n) is 4.25. The van der Waals surface area contributed by atoms with Gasteiger partial charge in [-0.15, -0.1) is 0 Å². The Bertz CT molecular complexity index is 1240. The summed E-state index contributed by atoms with van der Waals surface area (Å²) in [6.45, 7) is 5.63. The number of aryl methyl sites for hydroxylation is 2. The minimum Gasteiger partial charge on any atom is -0.358 e. The molecule has 0 saturated carbocycles. The molecule has 5 rings (SSSR count). The van der Waals surface area contributed by atoms with Crippen LogP contribution in [0.5, 0.6) is 0 Å². The molecule has 0 fully saturated rings. The highest BCUT2D eigenvalue weighted by molar-refractivity contribution is 7.99. The first kappa shape index (κ1) is 19.0. The van der Waals surface area contributed by atoms with Crippen LogP contribution in [0, 0.1) is 13.8 Å². The third-order valence-corrected chi connectivity index (χ3v) is 6.73. The van der Waals surface area contributed by atoms with Crippen LogP contribution < -0.4 is 0 Å². The Labute approximate surface area is 180 Å². The lowest BCUT2D eigenvalue weighted by Crippen LogP contribution is -2.36. The maximum atomic E-state index is 13.0. The predicted molar refractivity (Wildman–Crippen MR) is 121 cm³/mol. The van der Waals surface area contributed by atoms with Crippen LogP contribution in [0.2, 0.25) is 0 Å². The normalized spacial score (nSPS) is 13.6. The number of hydrogen-bond donors (Lipinski definition) is 1. The number of nitrogens with one attached hydrogen (secondary N) is 1. The van der Waals surface area contributed by atoms with Crippen molar-refractivity contribution in [3.8, 4) is 5.69 Å². The number of fused-ring (bicyclic) bond motifs is 3. The van der Waals surface area contributed by atoms with Crippen LogP contribution in [0.25, 0.3) is 16.6 Å². The summed E-state index contributed by atoms with van der Waals surface area (Å²) in [7, 11) is 0. The molecule has 1 aliphatic heterocycles. The van der Waals surface area contributed by atoms with Crippen molar-refractivity contribution in [3.63, 3.8) is 0 Å². The zero-order valence-corrected chi connectivity index (χ0v) is 18.0. The molecule has 5 nitrogen and oxygen atoms in total. The van der Waals surface area contributed by atoms with Gasteiger partial charge in [0.2, 0.25) is 5.91 Å². The van der Waals surface area contributed by atoms with E-state index in [0.29, 0.717) is 12.3 Å². The molecule has 6 heteroatoms. The van der Waals surface area contributed by atoms with E-state index in [1.165, 1.54) is 39.5 Å². The van der Waals surface area contributed by atoms with E-state index in [1.54, 1.807) is 6.20 Å². The number of carbonyl (C=O) groups excluding carboxylic acids is 1. The summed E-state index contributed by atoms with van der Waals surface area (Å²) in [5.74, 6) is 0.547. The van der Waals surface area contributed by atoms with Crippen LogP contribution in [0.15, 0.2) is 60.0 Å². The van der Waals surface area contributed by atoms with Crippen molar-refractivity contribution in [3.05, 3.63) is 77.2 Å². The maximum Gasteiger partial charge on any atom is 0.233 e. The monoisotopic (exact) mass is 416 g/mol. The lowest BCUT2D eigenvalue weighted by atomic mass is 10.0. The standard InChI is InChI=1S/C24H24N4OS/c1-16-7-8-22(17(2)13-16)28-12-10-25-24(28)30-15-23(29)27-11-9-21-19(14-27)18-5-3-4-6-20(18)26-21/h3-8,10,12-13,26H,9,11,14-15H2,1-2H3. The average molecular weight is 417 g/mol. The van der Waals surface area contributed by atoms with E-state index < -0.39 is 0 Å². The molecule has 1 aliphatic rings. The Morgan fingerprint density at radius 3 is 2.93 bits per heavy atom. The van der Waals surface area contributed by atoms with Crippen molar-refractivity contribution in [1.29, 1.82) is 0 Å². The first-order valence-corrected chi connectivity index (χ1v) is 11.2. The summed E-state index contributed by atoms with van der Waals surface area (Å²) in [5, 5.41) is 2.07. The Morgan fingerprint density at radius 2 is 2.07 bits per heavy atom. The SMILES string of the molecule is Cc1ccc(-n2ccnc2SCC(=O)N2CCc3[nH]c4ccccc4c3C2)c(C)c1. The van der Waals surface area contributed by atoms with E-state index in [-0.39, 0.29) is 5.91 Å². The Hall–Kier alpha value is -2.99. The number of para-hydroxylation sites is 1. The Balaban J connectivity index is 1.30. The van der Waals surface area contributed by atoms with Crippen molar-refractivity contribution in [2.24, 2.45) is 0 Å². The molecule has 2 aromatic carbocycles. The fraction of sp³-hybridized carbons (Fsp3) is 0.250. The van der Waals surface area contributed by atoms with Crippen LogP contribution in [0.4, 0.5) is 0 Å². The lowest BCUT2D eigenvalue weighted by Gasteiger charge is -2.27. The lowest BCUT2D eigenvalue weighted by molar-refractivity contribution is -0.129. The van der Waals surface area contributed by atoms with Crippen molar-refractivity contribution < 1.29 is 4.79 Å². The summed E-state index contributed by atoms with van der Waals surface area (Å²) < 4.78 is 2.07. The highest BCUT2D eigenvalue weighted by Gasteiger charge is 2.24. The second kappa shape index (κ2) is 7.69. The van der Waals surface area contributed by atoms with E-state index in [2.05, 4.69) is 64.8 Å². The average Bonchev–Trinajstić information content (AvgIpc) is 3.36. The van der Waals surface area contributed by atoms with Crippen molar-refractivity contribution in [2.45, 2.75) is 32.0 Å². The summed E-state index contributed by atoms with van der Waals surface area (Å²) in [5.41, 5.74) is 7.22. The van der Waals surface area contributed by atoms with Gasteiger partial charge in [-0.2, -0.15) is 0 Å². The molecule has 152 valence electrons. The molecule has 0 aliphatic carbocycles. The summed E-state index contributed by atoms with van der Waals surface area (Å²) in [6.07, 6.45) is 4.63. The van der Waals surface area contributed by atoms with Gasteiger partial charge in [0.15, 0.2) is 5.16 Å². The van der Waals surface area contributed by atoms with E-state index >= 15 is 0 Å². The van der Waals surface area contributed by atoms with E-state index in [0.717, 1.165) is 29.3 Å². The molecule has 0 spiro atoms. The van der Waals surface area contributed by atoms with E-state index in [1.807, 2.05) is 17.2 Å². The number of imidazole rings is 1. The van der Waals surface area contributed by atoms with Gasteiger partial charge in [-0.25, -0.2) is 4.98 Å². The summed E-state index contributed by atoms with van der Waals surface area (Å²) >= 11 is 1.50. The topological polar surface area (TPSA) is 53.9 Å². The van der Waals surface area contributed by atoms with Gasteiger partial charge < -0.3 is 9.88 Å². The van der Waals surface area contributed by atoms with Gasteiger partial charge in [0.1, 0.15) is 0 Å². The molecule has 4 aromatic rings. The minimum atomic E-state index is 0.158. The number of aromatic nitrogens is 3. The largest absolute Gasteiger partial charge is 0.358 e. The fourth-order valence-corrected chi connectivity index (χ4v) is 5.12. The molecular weight excluding hydrogens is 392 g/mol. The first-order valence-electron chi connectivity index (χ1n) is 10.2. The number of carbonyl (C=O) groups is 1. The van der Waals surface area contributed by atoms with Crippen LogP contribution in [0.1, 0.15) is 22.4 Å². The molecule has 30 heavy (non-hydrogen) atoms.